The molecule has 3 rings (SSSR count). The minimum Gasteiger partial charge on any atom is -0.466 e. The van der Waals surface area contributed by atoms with Crippen molar-refractivity contribution >= 4 is 6.03 Å². The van der Waals surface area contributed by atoms with Crippen molar-refractivity contribution in [1.82, 2.24) is 20.2 Å². The highest BCUT2D eigenvalue weighted by molar-refractivity contribution is 5.74. The number of hydrogen-bond acceptors (Lipinski definition) is 4. The molecule has 0 saturated heterocycles. The van der Waals surface area contributed by atoms with Crippen molar-refractivity contribution < 1.29 is 9.21 Å². The molecule has 1 N–H and O–H groups in total. The summed E-state index contributed by atoms with van der Waals surface area (Å²) in [6.07, 6.45) is 6.72. The highest BCUT2D eigenvalue weighted by Gasteiger charge is 2.35. The number of aromatic nitrogens is 2. The van der Waals surface area contributed by atoms with Gasteiger partial charge < -0.3 is 14.6 Å². The van der Waals surface area contributed by atoms with Gasteiger partial charge in [-0.1, -0.05) is 13.8 Å². The molecule has 0 spiro atoms. The van der Waals surface area contributed by atoms with Gasteiger partial charge in [0.1, 0.15) is 11.5 Å². The number of rotatable bonds is 3. The first-order valence-electron chi connectivity index (χ1n) is 8.20. The van der Waals surface area contributed by atoms with Gasteiger partial charge in [0.15, 0.2) is 0 Å². The Balaban J connectivity index is 1.71. The number of urea groups is 1. The second-order valence-electron chi connectivity index (χ2n) is 7.34. The summed E-state index contributed by atoms with van der Waals surface area (Å²) in [7, 11) is 1.76. The molecule has 128 valence electrons. The third kappa shape index (κ3) is 3.58. The van der Waals surface area contributed by atoms with E-state index in [9.17, 15) is 4.79 Å². The van der Waals surface area contributed by atoms with Crippen LogP contribution in [-0.2, 0) is 13.0 Å². The normalized spacial score (nSPS) is 18.8. The number of carbonyl (C=O) groups excluding carboxylic acids is 1. The average molecular weight is 328 g/mol. The summed E-state index contributed by atoms with van der Waals surface area (Å²) in [5, 5.41) is 3.14. The molecule has 2 heterocycles. The molecule has 2 amide bonds. The van der Waals surface area contributed by atoms with Crippen molar-refractivity contribution in [3.63, 3.8) is 0 Å². The lowest BCUT2D eigenvalue weighted by Gasteiger charge is -2.35. The summed E-state index contributed by atoms with van der Waals surface area (Å²) >= 11 is 0. The van der Waals surface area contributed by atoms with Crippen LogP contribution in [-0.4, -0.2) is 27.9 Å². The summed E-state index contributed by atoms with van der Waals surface area (Å²) in [5.41, 5.74) is 1.96. The molecule has 0 aliphatic heterocycles. The van der Waals surface area contributed by atoms with Gasteiger partial charge in [-0.2, -0.15) is 0 Å². The van der Waals surface area contributed by atoms with Gasteiger partial charge in [-0.3, -0.25) is 9.97 Å². The van der Waals surface area contributed by atoms with E-state index >= 15 is 0 Å². The van der Waals surface area contributed by atoms with Gasteiger partial charge in [-0.15, -0.1) is 0 Å². The monoisotopic (exact) mass is 328 g/mol. The van der Waals surface area contributed by atoms with E-state index in [0.717, 1.165) is 35.6 Å². The zero-order valence-corrected chi connectivity index (χ0v) is 14.7. The van der Waals surface area contributed by atoms with Gasteiger partial charge in [-0.05, 0) is 24.8 Å². The lowest BCUT2D eigenvalue weighted by Crippen LogP contribution is -2.42. The van der Waals surface area contributed by atoms with Crippen molar-refractivity contribution in [3.8, 4) is 0 Å². The Morgan fingerprint density at radius 1 is 1.46 bits per heavy atom. The van der Waals surface area contributed by atoms with E-state index in [2.05, 4.69) is 29.1 Å². The Morgan fingerprint density at radius 2 is 2.25 bits per heavy atom. The zero-order chi connectivity index (χ0) is 17.3. The quantitative estimate of drug-likeness (QED) is 0.939. The first-order chi connectivity index (χ1) is 11.3. The summed E-state index contributed by atoms with van der Waals surface area (Å²) in [4.78, 5) is 22.4. The maximum Gasteiger partial charge on any atom is 0.317 e. The minimum absolute atomic E-state index is 0.0296. The van der Waals surface area contributed by atoms with Gasteiger partial charge in [-0.25, -0.2) is 4.79 Å². The fraction of sp³-hybridized carbons (Fsp3) is 0.500. The maximum atomic E-state index is 12.6. The molecule has 1 aliphatic carbocycles. The Bertz CT molecular complexity index is 724. The minimum atomic E-state index is -0.117. The summed E-state index contributed by atoms with van der Waals surface area (Å²) in [5.74, 6) is 1.88. The van der Waals surface area contributed by atoms with Gasteiger partial charge in [0.25, 0.3) is 0 Å². The standard InChI is InChI=1S/C18H24N4O2/c1-12-7-14-15(8-18(2,3)9-16(14)24-12)21-17(23)22(4)11-13-10-19-5-6-20-13/h5-7,10,15H,8-9,11H2,1-4H3,(H,21,23). The molecule has 2 aromatic rings. The van der Waals surface area contributed by atoms with E-state index in [1.807, 2.05) is 13.0 Å². The number of hydrogen-bond donors (Lipinski definition) is 1. The molecule has 0 fully saturated rings. The highest BCUT2D eigenvalue weighted by Crippen LogP contribution is 2.42. The van der Waals surface area contributed by atoms with Crippen LogP contribution in [0.2, 0.25) is 0 Å². The molecule has 0 saturated carbocycles. The van der Waals surface area contributed by atoms with E-state index in [4.69, 9.17) is 4.42 Å². The molecule has 0 radical (unpaired) electrons. The van der Waals surface area contributed by atoms with Crippen LogP contribution in [0.4, 0.5) is 4.79 Å². The number of aryl methyl sites for hydroxylation is 1. The molecule has 0 bridgehead atoms. The van der Waals surface area contributed by atoms with Crippen molar-refractivity contribution in [2.75, 3.05) is 7.05 Å². The molecule has 1 atom stereocenters. The average Bonchev–Trinajstić information content (AvgIpc) is 2.87. The second-order valence-corrected chi connectivity index (χ2v) is 7.34. The summed E-state index contributed by atoms with van der Waals surface area (Å²) in [6.45, 7) is 6.78. The second kappa shape index (κ2) is 6.26. The molecule has 0 aromatic carbocycles. The summed E-state index contributed by atoms with van der Waals surface area (Å²) in [6, 6.07) is 1.89. The molecule has 6 nitrogen and oxygen atoms in total. The highest BCUT2D eigenvalue weighted by atomic mass is 16.3. The van der Waals surface area contributed by atoms with Gasteiger partial charge >= 0.3 is 6.03 Å². The number of nitrogens with zero attached hydrogens (tertiary/aromatic N) is 3. The Morgan fingerprint density at radius 3 is 2.96 bits per heavy atom. The van der Waals surface area contributed by atoms with E-state index in [1.165, 1.54) is 0 Å². The lowest BCUT2D eigenvalue weighted by molar-refractivity contribution is 0.188. The molecule has 1 aliphatic rings. The Hall–Kier alpha value is -2.37. The number of furan rings is 1. The molecular weight excluding hydrogens is 304 g/mol. The zero-order valence-electron chi connectivity index (χ0n) is 14.7. The lowest BCUT2D eigenvalue weighted by atomic mass is 9.75. The van der Waals surface area contributed by atoms with Crippen molar-refractivity contribution in [3.05, 3.63) is 47.4 Å². The van der Waals surface area contributed by atoms with E-state index in [0.29, 0.717) is 6.54 Å². The van der Waals surface area contributed by atoms with Crippen LogP contribution in [0.1, 0.15) is 49.1 Å². The molecular formula is C18H24N4O2. The van der Waals surface area contributed by atoms with Crippen LogP contribution in [0.15, 0.2) is 29.1 Å². The van der Waals surface area contributed by atoms with Crippen molar-refractivity contribution in [2.24, 2.45) is 5.41 Å². The van der Waals surface area contributed by atoms with Crippen molar-refractivity contribution in [1.29, 1.82) is 0 Å². The SMILES string of the molecule is Cc1cc2c(o1)CC(C)(C)CC2NC(=O)N(C)Cc1cnccn1. The topological polar surface area (TPSA) is 71.3 Å². The molecule has 1 unspecified atom stereocenters. The van der Waals surface area contributed by atoms with E-state index in [-0.39, 0.29) is 17.5 Å². The molecule has 6 heteroatoms. The maximum absolute atomic E-state index is 12.6. The van der Waals surface area contributed by atoms with E-state index in [1.54, 1.807) is 30.5 Å². The van der Waals surface area contributed by atoms with Crippen LogP contribution in [0.25, 0.3) is 0 Å². The smallest absolute Gasteiger partial charge is 0.317 e. The number of fused-ring (bicyclic) bond motifs is 1. The largest absolute Gasteiger partial charge is 0.466 e. The van der Waals surface area contributed by atoms with Crippen LogP contribution >= 0.6 is 0 Å². The Labute approximate surface area is 142 Å². The fourth-order valence-corrected chi connectivity index (χ4v) is 3.30. The van der Waals surface area contributed by atoms with Gasteiger partial charge in [0, 0.05) is 31.4 Å². The molecule has 2 aromatic heterocycles. The van der Waals surface area contributed by atoms with E-state index < -0.39 is 0 Å². The van der Waals surface area contributed by atoms with Crippen LogP contribution in [0, 0.1) is 12.3 Å². The number of nitrogens with one attached hydrogen (secondary N) is 1. The van der Waals surface area contributed by atoms with Crippen molar-refractivity contribution in [2.45, 2.75) is 46.2 Å². The predicted octanol–water partition coefficient (Wildman–Crippen LogP) is 3.23. The van der Waals surface area contributed by atoms with Crippen LogP contribution in [0.3, 0.4) is 0 Å². The molecule has 24 heavy (non-hydrogen) atoms. The summed E-state index contributed by atoms with van der Waals surface area (Å²) < 4.78 is 5.83. The van der Waals surface area contributed by atoms with Crippen LogP contribution < -0.4 is 5.32 Å². The number of amides is 2. The number of carbonyl (C=O) groups is 1. The van der Waals surface area contributed by atoms with Crippen LogP contribution in [0.5, 0.6) is 0 Å². The fourth-order valence-electron chi connectivity index (χ4n) is 3.30. The third-order valence-electron chi connectivity index (χ3n) is 4.40. The Kier molecular flexibility index (Phi) is 4.30. The third-order valence-corrected chi connectivity index (χ3v) is 4.40. The predicted molar refractivity (Wildman–Crippen MR) is 90.3 cm³/mol. The van der Waals surface area contributed by atoms with Gasteiger partial charge in [0.05, 0.1) is 24.5 Å². The first-order valence-corrected chi connectivity index (χ1v) is 8.20. The van der Waals surface area contributed by atoms with Gasteiger partial charge in [0.2, 0.25) is 0 Å². The first kappa shape index (κ1) is 16.5.